The summed E-state index contributed by atoms with van der Waals surface area (Å²) in [5.74, 6) is -0.585. The minimum atomic E-state index is -1.23. The maximum Gasteiger partial charge on any atom is 0.279 e. The van der Waals surface area contributed by atoms with Gasteiger partial charge in [-0.25, -0.2) is 9.36 Å². The Kier molecular flexibility index (Phi) is 15.9. The number of hydrazone groups is 2. The molecule has 0 radical (unpaired) electrons. The second-order valence-electron chi connectivity index (χ2n) is 24.0. The van der Waals surface area contributed by atoms with E-state index in [4.69, 9.17) is 0 Å². The number of carbonyl (C=O) groups is 4. The Morgan fingerprint density at radius 2 is 0.954 bits per heavy atom. The van der Waals surface area contributed by atoms with Crippen molar-refractivity contribution in [1.82, 2.24) is 49.5 Å². The number of hydrogen-bond donors (Lipinski definition) is 6. The standard InChI is InChI=1S/2C17H19N3O2.2C17H17N3O.CH4/c1-11-14-6-2-3-9-17(14,22)20(19-11)16(21)13-5-4-7-15-12(13)8-10-18-15;1-17(22)13-6-2-3-7-15(13)19-20(17)16(21)12-5-4-8-14-11(12)9-10-18-14;1-11-12-5-2-3-8-16(12)20(19-11)17(21)14-6-4-7-15-13(14)9-10-18-15;1-11-12-5-2-3-7-16(12)19-20(11)17(21)14-6-4-8-15-13(14)9-10-18-15;/h4-5,7-8,10,14,18,22H,2-3,6,9H2,1H3;4-5,8-10,13,18,22H,2-3,6-7H2,1H3;4,6-7,9-10,18H,2-3,5,8H2,1H3;4,6,8-10,18H,2-3,5,7H2,1H3;1H4. The van der Waals surface area contributed by atoms with Gasteiger partial charge >= 0.3 is 0 Å². The number of aromatic amines is 4. The van der Waals surface area contributed by atoms with E-state index in [9.17, 15) is 29.4 Å². The molecule has 0 spiro atoms. The summed E-state index contributed by atoms with van der Waals surface area (Å²) in [5, 5.41) is 46.2. The van der Waals surface area contributed by atoms with Gasteiger partial charge in [0.1, 0.15) is 0 Å². The highest BCUT2D eigenvalue weighted by atomic mass is 16.3. The average Bonchev–Trinajstić information content (AvgIpc) is 2.93. The summed E-state index contributed by atoms with van der Waals surface area (Å²) in [7, 11) is 0. The number of fused-ring (bicyclic) bond motifs is 8. The maximum absolute atomic E-state index is 13.0. The number of amides is 2. The van der Waals surface area contributed by atoms with Gasteiger partial charge in [-0.2, -0.15) is 30.4 Å². The zero-order valence-electron chi connectivity index (χ0n) is 49.1. The van der Waals surface area contributed by atoms with Crippen LogP contribution >= 0.6 is 0 Å². The highest BCUT2D eigenvalue weighted by molar-refractivity contribution is 6.10. The van der Waals surface area contributed by atoms with Crippen molar-refractivity contribution in [3.63, 3.8) is 0 Å². The first-order valence-electron chi connectivity index (χ1n) is 30.5. The molecule has 16 rings (SSSR count). The molecule has 2 amide bonds. The molecule has 6 aliphatic rings. The number of nitrogens with one attached hydrogen (secondary N) is 4. The lowest BCUT2D eigenvalue weighted by Gasteiger charge is -2.39. The van der Waals surface area contributed by atoms with Crippen LogP contribution < -0.4 is 0 Å². The molecule has 18 nitrogen and oxygen atoms in total. The van der Waals surface area contributed by atoms with Crippen molar-refractivity contribution in [2.45, 2.75) is 149 Å². The number of nitrogens with zero attached hydrogens (tertiary/aromatic N) is 8. The van der Waals surface area contributed by atoms with Gasteiger partial charge in [-0.15, -0.1) is 0 Å². The normalized spacial score (nSPS) is 21.0. The quantitative estimate of drug-likeness (QED) is 0.0988. The van der Waals surface area contributed by atoms with Crippen LogP contribution in [0.15, 0.2) is 132 Å². The molecule has 6 N–H and O–H groups in total. The first kappa shape index (κ1) is 58.4. The first-order valence-corrected chi connectivity index (χ1v) is 30.5. The Labute approximate surface area is 504 Å². The molecule has 8 heterocycles. The van der Waals surface area contributed by atoms with E-state index in [-0.39, 0.29) is 42.9 Å². The van der Waals surface area contributed by atoms with E-state index < -0.39 is 11.4 Å². The molecule has 0 bridgehead atoms. The number of benzene rings is 4. The molecule has 2 fully saturated rings. The average molecular weight is 1170 g/mol. The van der Waals surface area contributed by atoms with Crippen LogP contribution in [-0.4, -0.2) is 106 Å². The fourth-order valence-electron chi connectivity index (χ4n) is 14.2. The lowest BCUT2D eigenvalue weighted by molar-refractivity contribution is -0.116. The Hall–Kier alpha value is -9.00. The maximum atomic E-state index is 13.0. The summed E-state index contributed by atoms with van der Waals surface area (Å²) in [6.45, 7) is 7.62. The summed E-state index contributed by atoms with van der Waals surface area (Å²) in [5.41, 5.74) is 12.6. The van der Waals surface area contributed by atoms with E-state index in [0.29, 0.717) is 28.7 Å². The summed E-state index contributed by atoms with van der Waals surface area (Å²) in [4.78, 5) is 64.3. The molecular formula is C69H76N12O6. The highest BCUT2D eigenvalue weighted by Crippen LogP contribution is 2.44. The van der Waals surface area contributed by atoms with E-state index in [1.807, 2.05) is 130 Å². The van der Waals surface area contributed by atoms with Crippen molar-refractivity contribution >= 4 is 78.7 Å². The lowest BCUT2D eigenvalue weighted by Crippen LogP contribution is -2.52. The minimum Gasteiger partial charge on any atom is -0.369 e. The molecule has 4 atom stereocenters. The second-order valence-corrected chi connectivity index (χ2v) is 24.0. The summed E-state index contributed by atoms with van der Waals surface area (Å²) in [6, 6.07) is 30.3. The van der Waals surface area contributed by atoms with Crippen LogP contribution in [0.1, 0.15) is 174 Å². The van der Waals surface area contributed by atoms with E-state index >= 15 is 0 Å². The van der Waals surface area contributed by atoms with Gasteiger partial charge in [0, 0.05) is 97.4 Å². The smallest absolute Gasteiger partial charge is 0.279 e. The number of hydrogen-bond acceptors (Lipinski definition) is 10. The third kappa shape index (κ3) is 10.4. The van der Waals surface area contributed by atoms with E-state index in [0.717, 1.165) is 155 Å². The number of rotatable bonds is 4. The van der Waals surface area contributed by atoms with E-state index in [1.54, 1.807) is 28.4 Å². The van der Waals surface area contributed by atoms with Crippen LogP contribution in [-0.2, 0) is 25.7 Å². The van der Waals surface area contributed by atoms with Crippen molar-refractivity contribution in [1.29, 1.82) is 0 Å². The molecule has 4 unspecified atom stereocenters. The Morgan fingerprint density at radius 3 is 1.49 bits per heavy atom. The topological polar surface area (TPSA) is 239 Å². The van der Waals surface area contributed by atoms with Crippen molar-refractivity contribution in [2.24, 2.45) is 22.0 Å². The van der Waals surface area contributed by atoms with Crippen LogP contribution in [0.3, 0.4) is 0 Å². The molecule has 2 saturated carbocycles. The Morgan fingerprint density at radius 1 is 0.494 bits per heavy atom. The van der Waals surface area contributed by atoms with Crippen LogP contribution in [0, 0.1) is 25.7 Å². The van der Waals surface area contributed by atoms with Gasteiger partial charge in [0.05, 0.1) is 39.3 Å². The number of aliphatic hydroxyl groups is 2. The minimum absolute atomic E-state index is 0. The predicted octanol–water partition coefficient (Wildman–Crippen LogP) is 12.9. The largest absolute Gasteiger partial charge is 0.369 e. The van der Waals surface area contributed by atoms with Gasteiger partial charge in [0.2, 0.25) is 0 Å². The Balaban J connectivity index is 0.000000113. The third-order valence-corrected chi connectivity index (χ3v) is 18.7. The van der Waals surface area contributed by atoms with Gasteiger partial charge < -0.3 is 30.1 Å². The Bertz CT molecular complexity index is 4330. The lowest BCUT2D eigenvalue weighted by atomic mass is 9.79. The van der Waals surface area contributed by atoms with Gasteiger partial charge in [-0.1, -0.05) is 44.5 Å². The van der Waals surface area contributed by atoms with Gasteiger partial charge in [-0.3, -0.25) is 19.2 Å². The highest BCUT2D eigenvalue weighted by Gasteiger charge is 2.53. The van der Waals surface area contributed by atoms with Crippen LogP contribution in [0.25, 0.3) is 43.6 Å². The molecule has 10 aromatic rings. The molecule has 87 heavy (non-hydrogen) atoms. The molecule has 6 aromatic heterocycles. The van der Waals surface area contributed by atoms with Crippen molar-refractivity contribution in [3.05, 3.63) is 178 Å². The summed E-state index contributed by atoms with van der Waals surface area (Å²) in [6.07, 6.45) is 23.5. The molecule has 18 heteroatoms. The number of H-pyrrole nitrogens is 4. The van der Waals surface area contributed by atoms with Gasteiger partial charge in [0.25, 0.3) is 23.6 Å². The summed E-state index contributed by atoms with van der Waals surface area (Å²) < 4.78 is 3.23. The fourth-order valence-corrected chi connectivity index (χ4v) is 14.2. The van der Waals surface area contributed by atoms with Crippen molar-refractivity contribution < 1.29 is 29.4 Å². The molecule has 2 aliphatic heterocycles. The van der Waals surface area contributed by atoms with Crippen molar-refractivity contribution in [2.75, 3.05) is 0 Å². The summed E-state index contributed by atoms with van der Waals surface area (Å²) >= 11 is 0. The second kappa shape index (κ2) is 23.7. The molecule has 4 aliphatic carbocycles. The SMILES string of the molecule is C.CC1(O)C2CCCCC2=NN1C(=O)c1cccc2[nH]ccc12.CC1=NN(C(=O)c2cccc3[nH]ccc23)C2(O)CCCCC12.Cc1c2c(nn1C(=O)c1cccc3[nH]ccc13)CCCC2.Cc1nn(C(=O)c2cccc3[nH]ccc23)c2c1CCCC2. The van der Waals surface area contributed by atoms with Gasteiger partial charge in [0.15, 0.2) is 11.4 Å². The van der Waals surface area contributed by atoms with Crippen LogP contribution in [0.5, 0.6) is 0 Å². The monoisotopic (exact) mass is 1170 g/mol. The number of aryl methyl sites for hydroxylation is 2. The predicted molar refractivity (Wildman–Crippen MR) is 339 cm³/mol. The zero-order valence-corrected chi connectivity index (χ0v) is 49.1. The molecular weight excluding hydrogens is 1090 g/mol. The molecule has 4 aromatic carbocycles. The number of carbonyl (C=O) groups excluding carboxylic acids is 4. The first-order chi connectivity index (χ1) is 41.7. The van der Waals surface area contributed by atoms with Gasteiger partial charge in [-0.05, 0) is 202 Å². The molecule has 0 saturated heterocycles. The van der Waals surface area contributed by atoms with Crippen LogP contribution in [0.4, 0.5) is 0 Å². The third-order valence-electron chi connectivity index (χ3n) is 18.7. The van der Waals surface area contributed by atoms with E-state index in [1.165, 1.54) is 40.4 Å². The molecule has 448 valence electrons. The van der Waals surface area contributed by atoms with E-state index in [2.05, 4.69) is 40.3 Å². The van der Waals surface area contributed by atoms with Crippen LogP contribution in [0.2, 0.25) is 0 Å². The van der Waals surface area contributed by atoms with Crippen molar-refractivity contribution in [3.8, 4) is 0 Å². The zero-order chi connectivity index (χ0) is 59.4. The number of aromatic nitrogens is 8. The fraction of sp³-hybridized carbons (Fsp3) is 0.362.